The van der Waals surface area contributed by atoms with Gasteiger partial charge in [0.2, 0.25) is 0 Å². The Labute approximate surface area is 133 Å². The van der Waals surface area contributed by atoms with Gasteiger partial charge in [-0.3, -0.25) is 0 Å². The number of likely N-dealkylation sites (N-methyl/N-ethyl adjacent to an activating group) is 1. The quantitative estimate of drug-likeness (QED) is 0.921. The Morgan fingerprint density at radius 2 is 2.04 bits per heavy atom. The van der Waals surface area contributed by atoms with E-state index in [1.54, 1.807) is 7.05 Å². The maximum absolute atomic E-state index is 13.6. The van der Waals surface area contributed by atoms with Crippen LogP contribution in [0.1, 0.15) is 36.3 Å². The van der Waals surface area contributed by atoms with Crippen molar-refractivity contribution >= 4 is 5.69 Å². The van der Waals surface area contributed by atoms with Crippen LogP contribution in [0.3, 0.4) is 0 Å². The van der Waals surface area contributed by atoms with E-state index in [1.165, 1.54) is 6.07 Å². The molecular formula is C17H21F3N2O. The lowest BCUT2D eigenvalue weighted by molar-refractivity contribution is -0.137. The molecule has 2 heterocycles. The highest BCUT2D eigenvalue weighted by molar-refractivity contribution is 5.69. The molecule has 3 aliphatic rings. The number of alkyl halides is 3. The number of hydrogen-bond donors (Lipinski definition) is 1. The second-order valence-corrected chi connectivity index (χ2v) is 6.94. The van der Waals surface area contributed by atoms with Crippen molar-refractivity contribution in [3.63, 3.8) is 0 Å². The van der Waals surface area contributed by atoms with E-state index in [0.717, 1.165) is 37.9 Å². The minimum atomic E-state index is -4.36. The Bertz CT molecular complexity index is 613. The summed E-state index contributed by atoms with van der Waals surface area (Å²) >= 11 is 0. The number of nitrogens with one attached hydrogen (secondary N) is 1. The standard InChI is InChI=1S/C17H21F3N2O/c1-22-15-4-5-21-8-13(15)12-6-11(23-9-10-2-3-10)7-14(16(12)22)17(18,19)20/h6-7,10,13,15,21H,2-5,8-9H2,1H3. The summed E-state index contributed by atoms with van der Waals surface area (Å²) in [7, 11) is 1.79. The van der Waals surface area contributed by atoms with E-state index in [-0.39, 0.29) is 12.0 Å². The molecule has 6 heteroatoms. The number of halogens is 3. The maximum Gasteiger partial charge on any atom is 0.418 e. The largest absolute Gasteiger partial charge is 0.493 e. The fraction of sp³-hybridized carbons (Fsp3) is 0.647. The van der Waals surface area contributed by atoms with Gasteiger partial charge in [0.1, 0.15) is 5.75 Å². The third-order valence-electron chi connectivity index (χ3n) is 5.30. The summed E-state index contributed by atoms with van der Waals surface area (Å²) in [4.78, 5) is 1.83. The van der Waals surface area contributed by atoms with Crippen LogP contribution >= 0.6 is 0 Å². The van der Waals surface area contributed by atoms with E-state index in [1.807, 2.05) is 11.0 Å². The van der Waals surface area contributed by atoms with Crippen LogP contribution in [0.25, 0.3) is 0 Å². The summed E-state index contributed by atoms with van der Waals surface area (Å²) in [6, 6.07) is 3.16. The van der Waals surface area contributed by atoms with Gasteiger partial charge < -0.3 is 15.0 Å². The van der Waals surface area contributed by atoms with Gasteiger partial charge >= 0.3 is 6.18 Å². The van der Waals surface area contributed by atoms with Crippen molar-refractivity contribution in [2.75, 3.05) is 31.6 Å². The lowest BCUT2D eigenvalue weighted by Crippen LogP contribution is -2.42. The Morgan fingerprint density at radius 1 is 1.26 bits per heavy atom. The minimum Gasteiger partial charge on any atom is -0.493 e. The first-order valence-electron chi connectivity index (χ1n) is 8.26. The van der Waals surface area contributed by atoms with Gasteiger partial charge in [-0.15, -0.1) is 0 Å². The molecule has 126 valence electrons. The van der Waals surface area contributed by atoms with E-state index < -0.39 is 11.7 Å². The van der Waals surface area contributed by atoms with Crippen LogP contribution in [0.2, 0.25) is 0 Å². The number of hydrogen-bond acceptors (Lipinski definition) is 3. The molecule has 1 aromatic rings. The van der Waals surface area contributed by atoms with Gasteiger partial charge in [-0.25, -0.2) is 0 Å². The Morgan fingerprint density at radius 3 is 2.74 bits per heavy atom. The van der Waals surface area contributed by atoms with Crippen LogP contribution < -0.4 is 15.0 Å². The minimum absolute atomic E-state index is 0.106. The van der Waals surface area contributed by atoms with Crippen LogP contribution in [0.4, 0.5) is 18.9 Å². The molecular weight excluding hydrogens is 305 g/mol. The SMILES string of the molecule is CN1c2c(cc(OCC3CC3)cc2C(F)(F)F)C2CNCCC21. The highest BCUT2D eigenvalue weighted by atomic mass is 19.4. The molecule has 4 rings (SSSR count). The summed E-state index contributed by atoms with van der Waals surface area (Å²) in [6.07, 6.45) is -1.26. The molecule has 23 heavy (non-hydrogen) atoms. The van der Waals surface area contributed by atoms with E-state index in [0.29, 0.717) is 24.0 Å². The van der Waals surface area contributed by atoms with Gasteiger partial charge in [0.25, 0.3) is 0 Å². The van der Waals surface area contributed by atoms with E-state index in [9.17, 15) is 13.2 Å². The van der Waals surface area contributed by atoms with Gasteiger partial charge in [0.05, 0.1) is 17.9 Å². The van der Waals surface area contributed by atoms with E-state index >= 15 is 0 Å². The maximum atomic E-state index is 13.6. The molecule has 0 radical (unpaired) electrons. The molecule has 1 saturated carbocycles. The van der Waals surface area contributed by atoms with Gasteiger partial charge in [-0.1, -0.05) is 0 Å². The Kier molecular flexibility index (Phi) is 3.48. The third kappa shape index (κ3) is 2.67. The van der Waals surface area contributed by atoms with Crippen LogP contribution in [-0.4, -0.2) is 32.8 Å². The first-order chi connectivity index (χ1) is 10.9. The summed E-state index contributed by atoms with van der Waals surface area (Å²) in [5.74, 6) is 0.987. The monoisotopic (exact) mass is 326 g/mol. The molecule has 2 unspecified atom stereocenters. The molecule has 0 aromatic heterocycles. The van der Waals surface area contributed by atoms with Gasteiger partial charge in [-0.05, 0) is 49.4 Å². The molecule has 1 N–H and O–H groups in total. The van der Waals surface area contributed by atoms with Gasteiger partial charge in [-0.2, -0.15) is 13.2 Å². The van der Waals surface area contributed by atoms with Gasteiger partial charge in [0, 0.05) is 25.6 Å². The molecule has 0 amide bonds. The molecule has 1 saturated heterocycles. The van der Waals surface area contributed by atoms with Crippen molar-refractivity contribution in [3.05, 3.63) is 23.3 Å². The van der Waals surface area contributed by atoms with Crippen LogP contribution in [0.15, 0.2) is 12.1 Å². The molecule has 3 nitrogen and oxygen atoms in total. The van der Waals surface area contributed by atoms with Crippen molar-refractivity contribution in [2.45, 2.75) is 37.4 Å². The van der Waals surface area contributed by atoms with Crippen LogP contribution in [0, 0.1) is 5.92 Å². The lowest BCUT2D eigenvalue weighted by Gasteiger charge is -2.31. The zero-order valence-corrected chi connectivity index (χ0v) is 13.1. The zero-order chi connectivity index (χ0) is 16.2. The zero-order valence-electron chi connectivity index (χ0n) is 13.1. The number of rotatable bonds is 3. The molecule has 2 atom stereocenters. The first kappa shape index (κ1) is 15.1. The highest BCUT2D eigenvalue weighted by Crippen LogP contribution is 2.50. The predicted molar refractivity (Wildman–Crippen MR) is 82.1 cm³/mol. The molecule has 1 aromatic carbocycles. The highest BCUT2D eigenvalue weighted by Gasteiger charge is 2.45. The molecule has 1 aliphatic carbocycles. The summed E-state index contributed by atoms with van der Waals surface area (Å²) < 4.78 is 46.4. The average Bonchev–Trinajstić information content (AvgIpc) is 3.30. The van der Waals surface area contributed by atoms with Crippen LogP contribution in [-0.2, 0) is 6.18 Å². The van der Waals surface area contributed by atoms with Crippen molar-refractivity contribution in [2.24, 2.45) is 5.92 Å². The number of nitrogens with zero attached hydrogens (tertiary/aromatic N) is 1. The molecule has 2 fully saturated rings. The molecule has 2 aliphatic heterocycles. The topological polar surface area (TPSA) is 24.5 Å². The fourth-order valence-corrected chi connectivity index (χ4v) is 3.90. The number of ether oxygens (including phenoxy) is 1. The van der Waals surface area contributed by atoms with Crippen molar-refractivity contribution in [1.82, 2.24) is 5.32 Å². The number of piperidine rings is 1. The van der Waals surface area contributed by atoms with Crippen molar-refractivity contribution in [1.29, 1.82) is 0 Å². The van der Waals surface area contributed by atoms with Gasteiger partial charge in [0.15, 0.2) is 0 Å². The second kappa shape index (κ2) is 5.30. The summed E-state index contributed by atoms with van der Waals surface area (Å²) in [5, 5.41) is 3.31. The lowest BCUT2D eigenvalue weighted by atomic mass is 9.89. The average molecular weight is 326 g/mol. The normalized spacial score (nSPS) is 26.9. The Balaban J connectivity index is 1.75. The summed E-state index contributed by atoms with van der Waals surface area (Å²) in [6.45, 7) is 2.11. The van der Waals surface area contributed by atoms with Crippen LogP contribution in [0.5, 0.6) is 5.75 Å². The Hall–Kier alpha value is -1.43. The predicted octanol–water partition coefficient (Wildman–Crippen LogP) is 3.39. The second-order valence-electron chi connectivity index (χ2n) is 6.94. The smallest absolute Gasteiger partial charge is 0.418 e. The van der Waals surface area contributed by atoms with E-state index in [4.69, 9.17) is 4.74 Å². The van der Waals surface area contributed by atoms with Crippen molar-refractivity contribution < 1.29 is 17.9 Å². The third-order valence-corrected chi connectivity index (χ3v) is 5.30. The first-order valence-corrected chi connectivity index (χ1v) is 8.26. The summed E-state index contributed by atoms with van der Waals surface area (Å²) in [5.41, 5.74) is 0.568. The van der Waals surface area contributed by atoms with Crippen molar-refractivity contribution in [3.8, 4) is 5.75 Å². The molecule has 0 spiro atoms. The number of benzene rings is 1. The number of anilines is 1. The fourth-order valence-electron chi connectivity index (χ4n) is 3.90. The number of fused-ring (bicyclic) bond motifs is 3. The molecule has 0 bridgehead atoms. The van der Waals surface area contributed by atoms with E-state index in [2.05, 4.69) is 5.32 Å².